The van der Waals surface area contributed by atoms with Crippen molar-refractivity contribution in [1.29, 1.82) is 0 Å². The van der Waals surface area contributed by atoms with Crippen LogP contribution in [-0.2, 0) is 9.53 Å². The first-order valence-electron chi connectivity index (χ1n) is 9.20. The minimum absolute atomic E-state index is 0.121. The summed E-state index contributed by atoms with van der Waals surface area (Å²) < 4.78 is 18.6. The monoisotopic (exact) mass is 386 g/mol. The predicted octanol–water partition coefficient (Wildman–Crippen LogP) is 2.16. The molecule has 1 aliphatic rings. The molecule has 28 heavy (non-hydrogen) atoms. The second kappa shape index (κ2) is 9.27. The van der Waals surface area contributed by atoms with E-state index in [9.17, 15) is 14.0 Å². The maximum Gasteiger partial charge on any atom is 0.254 e. The lowest BCUT2D eigenvalue weighted by Gasteiger charge is -2.29. The molecule has 0 saturated carbocycles. The molecule has 0 aliphatic carbocycles. The number of carbonyl (C=O) groups is 2. The average Bonchev–Trinajstić information content (AvgIpc) is 2.72. The Bertz CT molecular complexity index is 822. The summed E-state index contributed by atoms with van der Waals surface area (Å²) in [7, 11) is 0. The molecule has 1 aromatic carbocycles. The fourth-order valence-corrected chi connectivity index (χ4v) is 3.00. The van der Waals surface area contributed by atoms with Crippen molar-refractivity contribution < 1.29 is 18.7 Å². The second-order valence-electron chi connectivity index (χ2n) is 6.38. The largest absolute Gasteiger partial charge is 0.378 e. The van der Waals surface area contributed by atoms with Crippen molar-refractivity contribution in [2.75, 3.05) is 49.6 Å². The SMILES string of the molecule is CCN(CC(=O)Nc1ccc(N2CCOCC2)cc1)C(=O)c1ccnc(F)c1. The molecule has 8 heteroatoms. The normalized spacial score (nSPS) is 13.9. The Morgan fingerprint density at radius 3 is 2.57 bits per heavy atom. The smallest absolute Gasteiger partial charge is 0.254 e. The lowest BCUT2D eigenvalue weighted by Crippen LogP contribution is -2.38. The summed E-state index contributed by atoms with van der Waals surface area (Å²) in [5, 5.41) is 2.79. The highest BCUT2D eigenvalue weighted by molar-refractivity contribution is 5.99. The van der Waals surface area contributed by atoms with Gasteiger partial charge in [-0.3, -0.25) is 9.59 Å². The lowest BCUT2D eigenvalue weighted by atomic mass is 10.2. The standard InChI is InChI=1S/C20H23FN4O3/c1-2-24(20(27)15-7-8-22-18(21)13-15)14-19(26)23-16-3-5-17(6-4-16)25-9-11-28-12-10-25/h3-8,13H,2,9-12,14H2,1H3,(H,23,26). The number of hydrogen-bond acceptors (Lipinski definition) is 5. The van der Waals surface area contributed by atoms with Gasteiger partial charge in [0.15, 0.2) is 0 Å². The van der Waals surface area contributed by atoms with Gasteiger partial charge in [0.05, 0.1) is 13.2 Å². The van der Waals surface area contributed by atoms with Crippen LogP contribution in [0.4, 0.5) is 15.8 Å². The van der Waals surface area contributed by atoms with Gasteiger partial charge in [-0.15, -0.1) is 0 Å². The van der Waals surface area contributed by atoms with E-state index in [0.717, 1.165) is 24.8 Å². The van der Waals surface area contributed by atoms with Gasteiger partial charge in [0.1, 0.15) is 6.54 Å². The number of nitrogens with one attached hydrogen (secondary N) is 1. The Morgan fingerprint density at radius 2 is 1.93 bits per heavy atom. The average molecular weight is 386 g/mol. The zero-order valence-electron chi connectivity index (χ0n) is 15.7. The van der Waals surface area contributed by atoms with Gasteiger partial charge >= 0.3 is 0 Å². The molecule has 0 unspecified atom stereocenters. The summed E-state index contributed by atoms with van der Waals surface area (Å²) in [4.78, 5) is 31.8. The number of hydrogen-bond donors (Lipinski definition) is 1. The number of likely N-dealkylation sites (N-methyl/N-ethyl adjacent to an activating group) is 1. The van der Waals surface area contributed by atoms with Crippen LogP contribution in [0.5, 0.6) is 0 Å². The third-order valence-electron chi connectivity index (χ3n) is 4.50. The van der Waals surface area contributed by atoms with Crippen LogP contribution >= 0.6 is 0 Å². The molecule has 1 aliphatic heterocycles. The van der Waals surface area contributed by atoms with Crippen molar-refractivity contribution in [3.05, 3.63) is 54.1 Å². The van der Waals surface area contributed by atoms with Crippen LogP contribution in [0.2, 0.25) is 0 Å². The van der Waals surface area contributed by atoms with Gasteiger partial charge in [-0.25, -0.2) is 4.98 Å². The maximum atomic E-state index is 13.2. The number of carbonyl (C=O) groups excluding carboxylic acids is 2. The molecule has 1 aromatic heterocycles. The topological polar surface area (TPSA) is 74.8 Å². The van der Waals surface area contributed by atoms with Crippen molar-refractivity contribution in [3.63, 3.8) is 0 Å². The first-order valence-corrected chi connectivity index (χ1v) is 9.20. The number of aromatic nitrogens is 1. The molecule has 0 atom stereocenters. The van der Waals surface area contributed by atoms with Crippen LogP contribution in [0, 0.1) is 5.95 Å². The van der Waals surface area contributed by atoms with E-state index < -0.39 is 11.9 Å². The van der Waals surface area contributed by atoms with Crippen LogP contribution in [-0.4, -0.2) is 61.1 Å². The summed E-state index contributed by atoms with van der Waals surface area (Å²) in [6, 6.07) is 10.1. The van der Waals surface area contributed by atoms with E-state index in [2.05, 4.69) is 15.2 Å². The summed E-state index contributed by atoms with van der Waals surface area (Å²) in [5.41, 5.74) is 1.89. The predicted molar refractivity (Wildman–Crippen MR) is 104 cm³/mol. The number of benzene rings is 1. The highest BCUT2D eigenvalue weighted by atomic mass is 19.1. The molecule has 2 aromatic rings. The summed E-state index contributed by atoms with van der Waals surface area (Å²) >= 11 is 0. The molecular weight excluding hydrogens is 363 g/mol. The van der Waals surface area contributed by atoms with E-state index in [4.69, 9.17) is 4.74 Å². The van der Waals surface area contributed by atoms with Gasteiger partial charge in [0, 0.05) is 48.8 Å². The van der Waals surface area contributed by atoms with Gasteiger partial charge in [-0.1, -0.05) is 0 Å². The number of amides is 2. The molecule has 1 N–H and O–H groups in total. The number of morpholine rings is 1. The Morgan fingerprint density at radius 1 is 1.21 bits per heavy atom. The van der Waals surface area contributed by atoms with Gasteiger partial charge < -0.3 is 19.9 Å². The number of pyridine rings is 1. The summed E-state index contributed by atoms with van der Waals surface area (Å²) in [5.74, 6) is -1.46. The molecule has 7 nitrogen and oxygen atoms in total. The highest BCUT2D eigenvalue weighted by Gasteiger charge is 2.18. The third kappa shape index (κ3) is 5.04. The number of halogens is 1. The third-order valence-corrected chi connectivity index (χ3v) is 4.50. The van der Waals surface area contributed by atoms with E-state index in [1.807, 2.05) is 24.3 Å². The molecule has 0 bridgehead atoms. The van der Waals surface area contributed by atoms with Crippen LogP contribution in [0.3, 0.4) is 0 Å². The van der Waals surface area contributed by atoms with E-state index in [1.165, 1.54) is 17.2 Å². The number of ether oxygens (including phenoxy) is 1. The van der Waals surface area contributed by atoms with E-state index >= 15 is 0 Å². The van der Waals surface area contributed by atoms with Gasteiger partial charge in [-0.2, -0.15) is 4.39 Å². The minimum Gasteiger partial charge on any atom is -0.378 e. The Labute approximate surface area is 163 Å². The fourth-order valence-electron chi connectivity index (χ4n) is 3.00. The minimum atomic E-state index is -0.730. The Balaban J connectivity index is 1.58. The van der Waals surface area contributed by atoms with Crippen LogP contribution in [0.25, 0.3) is 0 Å². The van der Waals surface area contributed by atoms with Crippen molar-refractivity contribution in [3.8, 4) is 0 Å². The van der Waals surface area contributed by atoms with Crippen LogP contribution in [0.1, 0.15) is 17.3 Å². The Kier molecular flexibility index (Phi) is 6.54. The summed E-state index contributed by atoms with van der Waals surface area (Å²) in [6.07, 6.45) is 1.23. The molecule has 2 heterocycles. The summed E-state index contributed by atoms with van der Waals surface area (Å²) in [6.45, 7) is 5.07. The van der Waals surface area contributed by atoms with Crippen molar-refractivity contribution >= 4 is 23.2 Å². The molecule has 0 radical (unpaired) electrons. The fraction of sp³-hybridized carbons (Fsp3) is 0.350. The number of nitrogens with zero attached hydrogens (tertiary/aromatic N) is 3. The quantitative estimate of drug-likeness (QED) is 0.770. The van der Waals surface area contributed by atoms with E-state index in [-0.39, 0.29) is 18.0 Å². The van der Waals surface area contributed by atoms with Gasteiger partial charge in [0.2, 0.25) is 11.9 Å². The zero-order valence-corrected chi connectivity index (χ0v) is 15.7. The van der Waals surface area contributed by atoms with Gasteiger partial charge in [0.25, 0.3) is 5.91 Å². The number of rotatable bonds is 6. The molecule has 3 rings (SSSR count). The zero-order chi connectivity index (χ0) is 19.9. The van der Waals surface area contributed by atoms with E-state index in [0.29, 0.717) is 25.4 Å². The molecule has 2 amide bonds. The lowest BCUT2D eigenvalue weighted by molar-refractivity contribution is -0.116. The van der Waals surface area contributed by atoms with Crippen molar-refractivity contribution in [2.24, 2.45) is 0 Å². The molecule has 1 saturated heterocycles. The van der Waals surface area contributed by atoms with Crippen molar-refractivity contribution in [1.82, 2.24) is 9.88 Å². The van der Waals surface area contributed by atoms with E-state index in [1.54, 1.807) is 6.92 Å². The maximum absolute atomic E-state index is 13.2. The van der Waals surface area contributed by atoms with Crippen LogP contribution in [0.15, 0.2) is 42.6 Å². The Hall–Kier alpha value is -3.00. The first-order chi connectivity index (χ1) is 13.6. The van der Waals surface area contributed by atoms with Crippen molar-refractivity contribution in [2.45, 2.75) is 6.92 Å². The molecular formula is C20H23FN4O3. The highest BCUT2D eigenvalue weighted by Crippen LogP contribution is 2.19. The van der Waals surface area contributed by atoms with Crippen LogP contribution < -0.4 is 10.2 Å². The molecule has 0 spiro atoms. The van der Waals surface area contributed by atoms with Gasteiger partial charge in [-0.05, 0) is 37.3 Å². The second-order valence-corrected chi connectivity index (χ2v) is 6.38. The molecule has 1 fully saturated rings. The molecule has 148 valence electrons. The number of anilines is 2. The first kappa shape index (κ1) is 19.8.